The highest BCUT2D eigenvalue weighted by molar-refractivity contribution is 9.09. The first-order valence-corrected chi connectivity index (χ1v) is 15.2. The molecule has 1 aromatic carbocycles. The van der Waals surface area contributed by atoms with Crippen LogP contribution in [0.2, 0.25) is 0 Å². The number of aryl methyl sites for hydroxylation is 1. The molecule has 1 saturated carbocycles. The van der Waals surface area contributed by atoms with Crippen molar-refractivity contribution in [2.24, 2.45) is 11.8 Å². The van der Waals surface area contributed by atoms with E-state index in [-0.39, 0.29) is 29.9 Å². The maximum Gasteiger partial charge on any atom is 0.268 e. The molecule has 9 heteroatoms. The Bertz CT molecular complexity index is 1090. The molecule has 0 bridgehead atoms. The number of amides is 2. The molecule has 0 spiro atoms. The molecule has 39 heavy (non-hydrogen) atoms. The maximum atomic E-state index is 13.4. The van der Waals surface area contributed by atoms with Crippen LogP contribution >= 0.6 is 15.9 Å². The molecule has 2 aromatic rings. The molecule has 0 aliphatic heterocycles. The van der Waals surface area contributed by atoms with Crippen molar-refractivity contribution in [3.8, 4) is 6.07 Å². The van der Waals surface area contributed by atoms with Crippen LogP contribution in [-0.2, 0) is 11.3 Å². The number of nitrogens with zero attached hydrogens (tertiary/aromatic N) is 2. The average molecular weight is 606 g/mol. The lowest BCUT2D eigenvalue weighted by Crippen LogP contribution is -2.50. The second-order valence-electron chi connectivity index (χ2n) is 11.0. The molecule has 0 saturated heterocycles. The Kier molecular flexibility index (Phi) is 14.0. The number of hydrogen-bond acceptors (Lipinski definition) is 5. The third-order valence-corrected chi connectivity index (χ3v) is 7.40. The zero-order valence-electron chi connectivity index (χ0n) is 23.7. The van der Waals surface area contributed by atoms with Crippen LogP contribution in [0.25, 0.3) is 10.9 Å². The van der Waals surface area contributed by atoms with Gasteiger partial charge in [-0.15, -0.1) is 0 Å². The highest BCUT2D eigenvalue weighted by Crippen LogP contribution is 2.27. The van der Waals surface area contributed by atoms with Gasteiger partial charge in [0.05, 0.1) is 24.2 Å². The first-order chi connectivity index (χ1) is 18.6. The van der Waals surface area contributed by atoms with Gasteiger partial charge in [0, 0.05) is 28.8 Å². The lowest BCUT2D eigenvalue weighted by atomic mass is 9.83. The molecule has 1 fully saturated rings. The van der Waals surface area contributed by atoms with Crippen molar-refractivity contribution in [2.75, 3.05) is 5.33 Å². The number of hydrogen-bond donors (Lipinski definition) is 4. The third kappa shape index (κ3) is 10.6. The molecule has 1 aliphatic carbocycles. The lowest BCUT2D eigenvalue weighted by Gasteiger charge is -2.32. The van der Waals surface area contributed by atoms with Gasteiger partial charge in [0.25, 0.3) is 5.91 Å². The van der Waals surface area contributed by atoms with Crippen LogP contribution in [0.3, 0.4) is 0 Å². The van der Waals surface area contributed by atoms with Crippen molar-refractivity contribution in [1.29, 1.82) is 5.26 Å². The SMILES string of the molecule is CC(C)C[C@@H](C#N)NC(=O)[C@@H]1CCCC[C@@H]1NC(=O)c1cc2ccccc2n1CCC(C)O.CC(O)CCBr. The molecule has 216 valence electrons. The number of aliphatic hydroxyl groups excluding tert-OH is 2. The van der Waals surface area contributed by atoms with E-state index in [2.05, 4.69) is 32.6 Å². The van der Waals surface area contributed by atoms with E-state index in [9.17, 15) is 20.0 Å². The second kappa shape index (κ2) is 16.6. The number of carbonyl (C=O) groups excluding carboxylic acids is 2. The van der Waals surface area contributed by atoms with Gasteiger partial charge in [0.2, 0.25) is 5.91 Å². The Morgan fingerprint density at radius 3 is 2.36 bits per heavy atom. The summed E-state index contributed by atoms with van der Waals surface area (Å²) in [6.45, 7) is 8.10. The summed E-state index contributed by atoms with van der Waals surface area (Å²) in [5, 5.41) is 35.6. The molecular weight excluding hydrogens is 560 g/mol. The van der Waals surface area contributed by atoms with Gasteiger partial charge < -0.3 is 25.4 Å². The smallest absolute Gasteiger partial charge is 0.268 e. The number of nitrogens with one attached hydrogen (secondary N) is 2. The van der Waals surface area contributed by atoms with E-state index in [0.717, 1.165) is 41.9 Å². The Labute approximate surface area is 241 Å². The van der Waals surface area contributed by atoms with Gasteiger partial charge in [-0.3, -0.25) is 9.59 Å². The topological polar surface area (TPSA) is 127 Å². The van der Waals surface area contributed by atoms with E-state index < -0.39 is 12.1 Å². The molecule has 1 aliphatic rings. The van der Waals surface area contributed by atoms with E-state index in [1.807, 2.05) is 48.7 Å². The highest BCUT2D eigenvalue weighted by atomic mass is 79.9. The predicted molar refractivity (Wildman–Crippen MR) is 159 cm³/mol. The molecule has 8 nitrogen and oxygen atoms in total. The molecule has 1 aromatic heterocycles. The minimum atomic E-state index is -0.515. The van der Waals surface area contributed by atoms with Crippen LogP contribution in [0.1, 0.15) is 83.1 Å². The monoisotopic (exact) mass is 604 g/mol. The summed E-state index contributed by atoms with van der Waals surface area (Å²) in [5.74, 6) is -0.399. The normalized spacial score (nSPS) is 19.4. The first-order valence-electron chi connectivity index (χ1n) is 14.1. The van der Waals surface area contributed by atoms with Crippen molar-refractivity contribution < 1.29 is 19.8 Å². The van der Waals surface area contributed by atoms with E-state index in [1.54, 1.807) is 13.8 Å². The third-order valence-electron chi connectivity index (χ3n) is 6.94. The van der Waals surface area contributed by atoms with Crippen LogP contribution in [0.5, 0.6) is 0 Å². The summed E-state index contributed by atoms with van der Waals surface area (Å²) in [4.78, 5) is 26.4. The molecule has 3 rings (SSSR count). The summed E-state index contributed by atoms with van der Waals surface area (Å²) in [6, 6.07) is 11.1. The van der Waals surface area contributed by atoms with Crippen molar-refractivity contribution in [3.63, 3.8) is 0 Å². The number of halogens is 1. The number of aliphatic hydroxyl groups is 2. The van der Waals surface area contributed by atoms with Crippen LogP contribution in [0.15, 0.2) is 30.3 Å². The molecule has 2 unspecified atom stereocenters. The number of para-hydroxylation sites is 1. The van der Waals surface area contributed by atoms with Crippen LogP contribution < -0.4 is 10.6 Å². The van der Waals surface area contributed by atoms with Gasteiger partial charge >= 0.3 is 0 Å². The van der Waals surface area contributed by atoms with Crippen LogP contribution in [0, 0.1) is 23.2 Å². The lowest BCUT2D eigenvalue weighted by molar-refractivity contribution is -0.127. The fraction of sp³-hybridized carbons (Fsp3) is 0.633. The van der Waals surface area contributed by atoms with E-state index >= 15 is 0 Å². The molecule has 5 atom stereocenters. The maximum absolute atomic E-state index is 13.4. The van der Waals surface area contributed by atoms with E-state index in [0.29, 0.717) is 37.4 Å². The summed E-state index contributed by atoms with van der Waals surface area (Å²) in [7, 11) is 0. The molecule has 0 radical (unpaired) electrons. The standard InChI is InChI=1S/C26H36N4O3.C4H9BrO/c1-17(2)14-20(16-27)28-25(32)21-9-5-6-10-22(21)29-26(33)24-15-19-8-4-7-11-23(19)30(24)13-12-18(3)31;1-4(6)2-3-5/h4,7-8,11,15,17-18,20-22,31H,5-6,9-10,12-14H2,1-3H3,(H,28,32)(H,29,33);4,6H,2-3H2,1H3/t18?,20-,21+,22-;/m0./s1. The fourth-order valence-electron chi connectivity index (χ4n) is 4.87. The second-order valence-corrected chi connectivity index (χ2v) is 11.8. The number of carbonyl (C=O) groups is 2. The summed E-state index contributed by atoms with van der Waals surface area (Å²) < 4.78 is 1.95. The van der Waals surface area contributed by atoms with Gasteiger partial charge in [-0.2, -0.15) is 5.26 Å². The van der Waals surface area contributed by atoms with Gasteiger partial charge in [0.1, 0.15) is 11.7 Å². The van der Waals surface area contributed by atoms with Gasteiger partial charge in [-0.1, -0.05) is 60.8 Å². The number of alkyl halides is 1. The van der Waals surface area contributed by atoms with Crippen molar-refractivity contribution >= 4 is 38.6 Å². The minimum Gasteiger partial charge on any atom is -0.393 e. The summed E-state index contributed by atoms with van der Waals surface area (Å²) in [5.41, 5.74) is 1.49. The molecule has 4 N–H and O–H groups in total. The molecule has 1 heterocycles. The van der Waals surface area contributed by atoms with E-state index in [1.165, 1.54) is 0 Å². The number of benzene rings is 1. The molecular formula is C30H45BrN4O4. The Morgan fingerprint density at radius 2 is 1.77 bits per heavy atom. The Balaban J connectivity index is 0.000000798. The Hall–Kier alpha value is -2.41. The summed E-state index contributed by atoms with van der Waals surface area (Å²) >= 11 is 3.19. The van der Waals surface area contributed by atoms with E-state index in [4.69, 9.17) is 5.11 Å². The van der Waals surface area contributed by atoms with Gasteiger partial charge in [-0.05, 0) is 64.0 Å². The quantitative estimate of drug-likeness (QED) is 0.271. The van der Waals surface area contributed by atoms with Crippen molar-refractivity contribution in [1.82, 2.24) is 15.2 Å². The predicted octanol–water partition coefficient (Wildman–Crippen LogP) is 4.91. The largest absolute Gasteiger partial charge is 0.393 e. The van der Waals surface area contributed by atoms with Gasteiger partial charge in [0.15, 0.2) is 0 Å². The highest BCUT2D eigenvalue weighted by Gasteiger charge is 2.34. The zero-order valence-corrected chi connectivity index (χ0v) is 25.3. The van der Waals surface area contributed by atoms with Crippen molar-refractivity contribution in [3.05, 3.63) is 36.0 Å². The molecule has 2 amide bonds. The zero-order chi connectivity index (χ0) is 28.9. The van der Waals surface area contributed by atoms with Crippen molar-refractivity contribution in [2.45, 2.75) is 103 Å². The number of fused-ring (bicyclic) bond motifs is 1. The van der Waals surface area contributed by atoms with Crippen LogP contribution in [-0.4, -0.2) is 56.2 Å². The Morgan fingerprint density at radius 1 is 1.10 bits per heavy atom. The fourth-order valence-corrected chi connectivity index (χ4v) is 5.53. The number of aromatic nitrogens is 1. The van der Waals surface area contributed by atoms with Gasteiger partial charge in [-0.25, -0.2) is 0 Å². The average Bonchev–Trinajstić information content (AvgIpc) is 3.26. The van der Waals surface area contributed by atoms with Crippen LogP contribution in [0.4, 0.5) is 0 Å². The first kappa shape index (κ1) is 32.8. The minimum absolute atomic E-state index is 0.149. The summed E-state index contributed by atoms with van der Waals surface area (Å²) in [6.07, 6.45) is 4.69. The number of nitriles is 1. The number of rotatable bonds is 11.